The van der Waals surface area contributed by atoms with Crippen molar-refractivity contribution in [2.45, 2.75) is 26.4 Å². The summed E-state index contributed by atoms with van der Waals surface area (Å²) in [7, 11) is 0. The van der Waals surface area contributed by atoms with Gasteiger partial charge in [0.25, 0.3) is 0 Å². The van der Waals surface area contributed by atoms with Gasteiger partial charge in [0, 0.05) is 25.4 Å². The molecule has 0 aliphatic carbocycles. The van der Waals surface area contributed by atoms with E-state index in [0.29, 0.717) is 13.2 Å². The first-order chi connectivity index (χ1) is 8.83. The summed E-state index contributed by atoms with van der Waals surface area (Å²) in [5, 5.41) is 0. The zero-order valence-electron chi connectivity index (χ0n) is 10.7. The Morgan fingerprint density at radius 1 is 1.28 bits per heavy atom. The number of rotatable bonds is 6. The molecule has 1 aromatic carbocycles. The number of hydrogen-bond donors (Lipinski definition) is 1. The van der Waals surface area contributed by atoms with Crippen LogP contribution in [0.4, 0.5) is 0 Å². The molecule has 2 aromatic rings. The Labute approximate surface area is 107 Å². The Morgan fingerprint density at radius 3 is 2.72 bits per heavy atom. The maximum absolute atomic E-state index is 5.69. The predicted octanol–water partition coefficient (Wildman–Crippen LogP) is 1.98. The highest BCUT2D eigenvalue weighted by Crippen LogP contribution is 2.12. The van der Waals surface area contributed by atoms with Crippen LogP contribution in [0.3, 0.4) is 0 Å². The van der Waals surface area contributed by atoms with Crippen molar-refractivity contribution in [3.8, 4) is 5.75 Å². The molecule has 2 rings (SSSR count). The van der Waals surface area contributed by atoms with Gasteiger partial charge in [0.15, 0.2) is 0 Å². The Kier molecular flexibility index (Phi) is 4.36. The number of aryl methyl sites for hydroxylation is 1. The minimum Gasteiger partial charge on any atom is -0.492 e. The van der Waals surface area contributed by atoms with Crippen molar-refractivity contribution in [3.63, 3.8) is 0 Å². The lowest BCUT2D eigenvalue weighted by Crippen LogP contribution is -2.10. The van der Waals surface area contributed by atoms with Gasteiger partial charge in [-0.1, -0.05) is 19.1 Å². The van der Waals surface area contributed by atoms with Gasteiger partial charge in [-0.05, 0) is 17.7 Å². The second-order valence-corrected chi connectivity index (χ2v) is 4.09. The molecule has 0 unspecified atom stereocenters. The summed E-state index contributed by atoms with van der Waals surface area (Å²) in [4.78, 5) is 4.28. The number of nitrogens with zero attached hydrogens (tertiary/aromatic N) is 2. The number of ether oxygens (including phenoxy) is 1. The molecule has 0 bridgehead atoms. The highest BCUT2D eigenvalue weighted by molar-refractivity contribution is 5.27. The molecule has 1 aromatic heterocycles. The summed E-state index contributed by atoms with van der Waals surface area (Å²) in [6, 6.07) is 7.89. The first kappa shape index (κ1) is 12.6. The van der Waals surface area contributed by atoms with Crippen LogP contribution >= 0.6 is 0 Å². The molecule has 0 radical (unpaired) electrons. The Morgan fingerprint density at radius 2 is 2.06 bits per heavy atom. The molecule has 0 aliphatic heterocycles. The molecule has 0 amide bonds. The molecule has 0 spiro atoms. The van der Waals surface area contributed by atoms with Crippen molar-refractivity contribution in [1.82, 2.24) is 9.55 Å². The summed E-state index contributed by atoms with van der Waals surface area (Å²) in [5.74, 6) is 1.97. The summed E-state index contributed by atoms with van der Waals surface area (Å²) in [6.45, 7) is 4.13. The second kappa shape index (κ2) is 6.21. The number of benzene rings is 1. The maximum atomic E-state index is 5.69. The Balaban J connectivity index is 1.84. The van der Waals surface area contributed by atoms with Gasteiger partial charge in [-0.15, -0.1) is 0 Å². The lowest BCUT2D eigenvalue weighted by atomic mass is 10.2. The van der Waals surface area contributed by atoms with Gasteiger partial charge >= 0.3 is 0 Å². The van der Waals surface area contributed by atoms with Crippen LogP contribution in [0.25, 0.3) is 0 Å². The molecule has 0 saturated heterocycles. The van der Waals surface area contributed by atoms with Gasteiger partial charge in [-0.25, -0.2) is 4.98 Å². The number of aromatic nitrogens is 2. The monoisotopic (exact) mass is 245 g/mol. The highest BCUT2D eigenvalue weighted by atomic mass is 16.5. The quantitative estimate of drug-likeness (QED) is 0.846. The topological polar surface area (TPSA) is 53.1 Å². The lowest BCUT2D eigenvalue weighted by Gasteiger charge is -2.09. The largest absolute Gasteiger partial charge is 0.492 e. The van der Waals surface area contributed by atoms with Gasteiger partial charge in [-0.3, -0.25) is 0 Å². The van der Waals surface area contributed by atoms with Crippen molar-refractivity contribution in [2.75, 3.05) is 6.61 Å². The van der Waals surface area contributed by atoms with E-state index in [9.17, 15) is 0 Å². The van der Waals surface area contributed by atoms with Gasteiger partial charge in [0.2, 0.25) is 0 Å². The molecular formula is C14H19N3O. The van der Waals surface area contributed by atoms with Crippen molar-refractivity contribution < 1.29 is 4.74 Å². The van der Waals surface area contributed by atoms with Crippen molar-refractivity contribution in [1.29, 1.82) is 0 Å². The minimum atomic E-state index is 0.565. The number of imidazole rings is 1. The molecule has 0 saturated carbocycles. The van der Waals surface area contributed by atoms with Crippen molar-refractivity contribution >= 4 is 0 Å². The molecule has 4 heteroatoms. The van der Waals surface area contributed by atoms with Crippen LogP contribution in [0.5, 0.6) is 5.75 Å². The van der Waals surface area contributed by atoms with Crippen LogP contribution in [0.2, 0.25) is 0 Å². The van der Waals surface area contributed by atoms with E-state index in [1.165, 1.54) is 0 Å². The average Bonchev–Trinajstić information content (AvgIpc) is 2.87. The van der Waals surface area contributed by atoms with Crippen LogP contribution in [0.15, 0.2) is 36.7 Å². The van der Waals surface area contributed by atoms with Gasteiger partial charge < -0.3 is 15.0 Å². The molecule has 0 aliphatic rings. The third-order valence-corrected chi connectivity index (χ3v) is 2.88. The average molecular weight is 245 g/mol. The fourth-order valence-corrected chi connectivity index (χ4v) is 1.84. The summed E-state index contributed by atoms with van der Waals surface area (Å²) in [6.07, 6.45) is 4.76. The highest BCUT2D eigenvalue weighted by Gasteiger charge is 2.00. The summed E-state index contributed by atoms with van der Waals surface area (Å²) >= 11 is 0. The second-order valence-electron chi connectivity index (χ2n) is 4.09. The molecule has 0 atom stereocenters. The smallest absolute Gasteiger partial charge is 0.119 e. The van der Waals surface area contributed by atoms with Crippen LogP contribution in [0, 0.1) is 0 Å². The minimum absolute atomic E-state index is 0.565. The van der Waals surface area contributed by atoms with Crippen LogP contribution < -0.4 is 10.5 Å². The maximum Gasteiger partial charge on any atom is 0.119 e. The zero-order valence-corrected chi connectivity index (χ0v) is 10.7. The first-order valence-electron chi connectivity index (χ1n) is 6.25. The first-order valence-corrected chi connectivity index (χ1v) is 6.25. The molecule has 1 heterocycles. The van der Waals surface area contributed by atoms with Gasteiger partial charge in [-0.2, -0.15) is 0 Å². The predicted molar refractivity (Wildman–Crippen MR) is 71.4 cm³/mol. The molecule has 2 N–H and O–H groups in total. The van der Waals surface area contributed by atoms with Crippen LogP contribution in [-0.4, -0.2) is 16.2 Å². The third-order valence-electron chi connectivity index (χ3n) is 2.88. The van der Waals surface area contributed by atoms with E-state index >= 15 is 0 Å². The van der Waals surface area contributed by atoms with E-state index in [0.717, 1.165) is 30.1 Å². The van der Waals surface area contributed by atoms with Crippen molar-refractivity contribution in [3.05, 3.63) is 48.0 Å². The van der Waals surface area contributed by atoms with E-state index in [1.807, 2.05) is 36.7 Å². The molecule has 18 heavy (non-hydrogen) atoms. The Bertz CT molecular complexity index is 476. The van der Waals surface area contributed by atoms with Crippen LogP contribution in [-0.2, 0) is 19.5 Å². The number of hydrogen-bond acceptors (Lipinski definition) is 3. The summed E-state index contributed by atoms with van der Waals surface area (Å²) in [5.41, 5.74) is 6.66. The van der Waals surface area contributed by atoms with E-state index in [2.05, 4.69) is 16.5 Å². The van der Waals surface area contributed by atoms with E-state index in [-0.39, 0.29) is 0 Å². The molecule has 0 fully saturated rings. The SMILES string of the molecule is CCc1nccn1CCOc1ccc(CN)cc1. The van der Waals surface area contributed by atoms with Gasteiger partial charge in [0.1, 0.15) is 18.2 Å². The normalized spacial score (nSPS) is 10.6. The standard InChI is InChI=1S/C14H19N3O/c1-2-14-16-7-8-17(14)9-10-18-13-5-3-12(11-15)4-6-13/h3-8H,2,9-11,15H2,1H3. The molecular weight excluding hydrogens is 226 g/mol. The number of nitrogens with two attached hydrogens (primary N) is 1. The molecule has 4 nitrogen and oxygen atoms in total. The van der Waals surface area contributed by atoms with Crippen molar-refractivity contribution in [2.24, 2.45) is 5.73 Å². The lowest BCUT2D eigenvalue weighted by molar-refractivity contribution is 0.296. The van der Waals surface area contributed by atoms with Gasteiger partial charge in [0.05, 0.1) is 6.54 Å². The molecule has 96 valence electrons. The fraction of sp³-hybridized carbons (Fsp3) is 0.357. The zero-order chi connectivity index (χ0) is 12.8. The third kappa shape index (κ3) is 3.11. The Hall–Kier alpha value is -1.81. The summed E-state index contributed by atoms with van der Waals surface area (Å²) < 4.78 is 7.81. The fourth-order valence-electron chi connectivity index (χ4n) is 1.84. The van der Waals surface area contributed by atoms with E-state index < -0.39 is 0 Å². The van der Waals surface area contributed by atoms with Crippen LogP contribution in [0.1, 0.15) is 18.3 Å². The van der Waals surface area contributed by atoms with E-state index in [1.54, 1.807) is 0 Å². The van der Waals surface area contributed by atoms with E-state index in [4.69, 9.17) is 10.5 Å².